The highest BCUT2D eigenvalue weighted by atomic mass is 79.9. The van der Waals surface area contributed by atoms with E-state index in [1.165, 1.54) is 0 Å². The summed E-state index contributed by atoms with van der Waals surface area (Å²) in [5, 5.41) is 12.5. The van der Waals surface area contributed by atoms with E-state index >= 15 is 0 Å². The molecular weight excluding hydrogens is 638 g/mol. The molecule has 0 spiro atoms. The number of amides is 1. The fourth-order valence-electron chi connectivity index (χ4n) is 4.66. The number of thioether (sulfide) groups is 1. The number of carbonyl (C=O) groups excluding carboxylic acids is 1. The minimum Gasteiger partial charge on any atom is -0.493 e. The third-order valence-electron chi connectivity index (χ3n) is 6.77. The number of nitrogens with one attached hydrogen (secondary N) is 2. The van der Waals surface area contributed by atoms with E-state index in [4.69, 9.17) is 31.2 Å². The zero-order chi connectivity index (χ0) is 29.8. The van der Waals surface area contributed by atoms with Crippen LogP contribution in [0.15, 0.2) is 81.6 Å². The van der Waals surface area contributed by atoms with Crippen LogP contribution in [0.25, 0.3) is 0 Å². The third-order valence-corrected chi connectivity index (χ3v) is 8.65. The molecule has 4 aromatic rings. The Morgan fingerprint density at radius 2 is 1.93 bits per heavy atom. The molecule has 2 heterocycles. The molecule has 1 atom stereocenters. The standard InChI is InChI=1S/C31H31BrClN5O3S/c1-5-14-42-31-36-30-34-19(3)26(29(39)35-24-9-7-6-8-18(24)2)27(38(30)37-31)21-15-23(32)28(25(16-21)40-4)41-17-20-10-12-22(33)13-11-20/h6-13,15-16,27H,5,14,17H2,1-4H3,(H,35,39)(H,34,36,37). The van der Waals surface area contributed by atoms with Gasteiger partial charge in [-0.1, -0.05) is 60.6 Å². The van der Waals surface area contributed by atoms with Crippen molar-refractivity contribution >= 4 is 56.8 Å². The number of aromatic nitrogens is 3. The van der Waals surface area contributed by atoms with Gasteiger partial charge in [-0.2, -0.15) is 4.98 Å². The van der Waals surface area contributed by atoms with E-state index in [2.05, 4.69) is 33.5 Å². The molecule has 42 heavy (non-hydrogen) atoms. The van der Waals surface area contributed by atoms with Gasteiger partial charge in [0.2, 0.25) is 11.1 Å². The van der Waals surface area contributed by atoms with Gasteiger partial charge in [0.05, 0.1) is 17.2 Å². The highest BCUT2D eigenvalue weighted by Gasteiger charge is 2.35. The summed E-state index contributed by atoms with van der Waals surface area (Å²) in [6.07, 6.45) is 0.994. The summed E-state index contributed by atoms with van der Waals surface area (Å²) in [6.45, 7) is 6.29. The summed E-state index contributed by atoms with van der Waals surface area (Å²) < 4.78 is 14.4. The number of ether oxygens (including phenoxy) is 2. The molecule has 1 amide bonds. The highest BCUT2D eigenvalue weighted by molar-refractivity contribution is 9.10. The Labute approximate surface area is 263 Å². The lowest BCUT2D eigenvalue weighted by molar-refractivity contribution is -0.113. The fourth-order valence-corrected chi connectivity index (χ4v) is 6.05. The number of carbonyl (C=O) groups is 1. The van der Waals surface area contributed by atoms with Crippen molar-refractivity contribution in [2.24, 2.45) is 0 Å². The average Bonchev–Trinajstić information content (AvgIpc) is 3.38. The van der Waals surface area contributed by atoms with Gasteiger partial charge in [0, 0.05) is 22.2 Å². The van der Waals surface area contributed by atoms with Gasteiger partial charge in [0.25, 0.3) is 5.91 Å². The number of para-hydroxylation sites is 1. The van der Waals surface area contributed by atoms with Gasteiger partial charge in [-0.3, -0.25) is 4.79 Å². The number of allylic oxidation sites excluding steroid dienone is 1. The van der Waals surface area contributed by atoms with Crippen LogP contribution in [0.4, 0.5) is 11.6 Å². The lowest BCUT2D eigenvalue weighted by atomic mass is 9.94. The van der Waals surface area contributed by atoms with Crippen molar-refractivity contribution in [3.05, 3.63) is 98.1 Å². The van der Waals surface area contributed by atoms with Crippen LogP contribution in [0.5, 0.6) is 11.5 Å². The topological polar surface area (TPSA) is 90.3 Å². The van der Waals surface area contributed by atoms with E-state index in [1.54, 1.807) is 23.6 Å². The number of anilines is 2. The van der Waals surface area contributed by atoms with Crippen molar-refractivity contribution in [2.75, 3.05) is 23.5 Å². The predicted molar refractivity (Wildman–Crippen MR) is 172 cm³/mol. The molecule has 0 fully saturated rings. The maximum Gasteiger partial charge on any atom is 0.255 e. The van der Waals surface area contributed by atoms with E-state index in [1.807, 2.05) is 74.5 Å². The van der Waals surface area contributed by atoms with Gasteiger partial charge >= 0.3 is 0 Å². The zero-order valence-electron chi connectivity index (χ0n) is 23.7. The number of rotatable bonds is 10. The molecule has 0 radical (unpaired) electrons. The quantitative estimate of drug-likeness (QED) is 0.166. The van der Waals surface area contributed by atoms with Gasteiger partial charge in [0.15, 0.2) is 11.5 Å². The molecule has 8 nitrogen and oxygen atoms in total. The Morgan fingerprint density at radius 1 is 1.17 bits per heavy atom. The monoisotopic (exact) mass is 667 g/mol. The Bertz CT molecular complexity index is 1640. The predicted octanol–water partition coefficient (Wildman–Crippen LogP) is 8.02. The fraction of sp³-hybridized carbons (Fsp3) is 0.258. The summed E-state index contributed by atoms with van der Waals surface area (Å²) in [7, 11) is 1.59. The molecule has 11 heteroatoms. The average molecular weight is 669 g/mol. The largest absolute Gasteiger partial charge is 0.493 e. The van der Waals surface area contributed by atoms with Crippen LogP contribution in [0, 0.1) is 6.92 Å². The SMILES string of the molecule is CCCSc1nc2n(n1)C(c1cc(Br)c(OCc3ccc(Cl)cc3)c(OC)c1)C(C(=O)Nc1ccccc1C)=C(C)N2. The molecule has 0 saturated heterocycles. The minimum absolute atomic E-state index is 0.235. The van der Waals surface area contributed by atoms with E-state index < -0.39 is 6.04 Å². The summed E-state index contributed by atoms with van der Waals surface area (Å²) in [5.41, 5.74) is 4.67. The molecule has 0 saturated carbocycles. The van der Waals surface area contributed by atoms with Crippen LogP contribution in [0.3, 0.4) is 0 Å². The molecule has 0 bridgehead atoms. The van der Waals surface area contributed by atoms with Gasteiger partial charge in [0.1, 0.15) is 12.6 Å². The molecule has 218 valence electrons. The Kier molecular flexibility index (Phi) is 9.45. The van der Waals surface area contributed by atoms with E-state index in [0.717, 1.165) is 34.6 Å². The van der Waals surface area contributed by atoms with Gasteiger partial charge in [-0.25, -0.2) is 4.68 Å². The van der Waals surface area contributed by atoms with Gasteiger partial charge in [-0.15, -0.1) is 5.10 Å². The number of fused-ring (bicyclic) bond motifs is 1. The first-order valence-corrected chi connectivity index (χ1v) is 15.6. The van der Waals surface area contributed by atoms with Gasteiger partial charge in [-0.05, 0) is 83.2 Å². The van der Waals surface area contributed by atoms with Crippen molar-refractivity contribution in [1.29, 1.82) is 0 Å². The number of hydrogen-bond donors (Lipinski definition) is 2. The third kappa shape index (κ3) is 6.45. The van der Waals surface area contributed by atoms with Crippen LogP contribution in [0.2, 0.25) is 5.02 Å². The molecule has 0 aliphatic carbocycles. The Balaban J connectivity index is 1.55. The highest BCUT2D eigenvalue weighted by Crippen LogP contribution is 2.43. The zero-order valence-corrected chi connectivity index (χ0v) is 26.9. The molecular formula is C31H31BrClN5O3S. The van der Waals surface area contributed by atoms with E-state index in [9.17, 15) is 4.79 Å². The van der Waals surface area contributed by atoms with Crippen molar-refractivity contribution in [2.45, 2.75) is 45.0 Å². The van der Waals surface area contributed by atoms with Crippen LogP contribution in [-0.4, -0.2) is 33.5 Å². The summed E-state index contributed by atoms with van der Waals surface area (Å²) in [6, 6.07) is 18.4. The van der Waals surface area contributed by atoms with Crippen molar-refractivity contribution in [1.82, 2.24) is 14.8 Å². The number of hydrogen-bond acceptors (Lipinski definition) is 7. The second-order valence-electron chi connectivity index (χ2n) is 9.80. The number of aryl methyl sites for hydroxylation is 1. The normalized spacial score (nSPS) is 14.3. The number of benzene rings is 3. The minimum atomic E-state index is -0.579. The lowest BCUT2D eigenvalue weighted by Gasteiger charge is -2.29. The second kappa shape index (κ2) is 13.2. The first kappa shape index (κ1) is 30.0. The molecule has 1 aliphatic rings. The van der Waals surface area contributed by atoms with Crippen LogP contribution < -0.4 is 20.1 Å². The first-order valence-electron chi connectivity index (χ1n) is 13.5. The molecule has 5 rings (SSSR count). The number of methoxy groups -OCH3 is 1. The maximum absolute atomic E-state index is 13.9. The van der Waals surface area contributed by atoms with Crippen molar-refractivity contribution < 1.29 is 14.3 Å². The van der Waals surface area contributed by atoms with Crippen LogP contribution in [0.1, 0.15) is 43.0 Å². The first-order chi connectivity index (χ1) is 20.3. The van der Waals surface area contributed by atoms with Crippen LogP contribution >= 0.6 is 39.3 Å². The summed E-state index contributed by atoms with van der Waals surface area (Å²) in [5.74, 6) is 2.29. The summed E-state index contributed by atoms with van der Waals surface area (Å²) in [4.78, 5) is 18.7. The number of nitrogens with zero attached hydrogens (tertiary/aromatic N) is 3. The molecule has 1 aliphatic heterocycles. The Morgan fingerprint density at radius 3 is 2.64 bits per heavy atom. The van der Waals surface area contributed by atoms with Crippen molar-refractivity contribution in [3.8, 4) is 11.5 Å². The lowest BCUT2D eigenvalue weighted by Crippen LogP contribution is -2.31. The summed E-state index contributed by atoms with van der Waals surface area (Å²) >= 11 is 11.3. The van der Waals surface area contributed by atoms with E-state index in [-0.39, 0.29) is 5.91 Å². The molecule has 1 unspecified atom stereocenters. The molecule has 3 aromatic carbocycles. The maximum atomic E-state index is 13.9. The van der Waals surface area contributed by atoms with Gasteiger partial charge < -0.3 is 20.1 Å². The number of halogens is 2. The Hall–Kier alpha value is -3.47. The van der Waals surface area contributed by atoms with Crippen molar-refractivity contribution in [3.63, 3.8) is 0 Å². The second-order valence-corrected chi connectivity index (χ2v) is 12.1. The van der Waals surface area contributed by atoms with Crippen LogP contribution in [-0.2, 0) is 11.4 Å². The van der Waals surface area contributed by atoms with E-state index in [0.29, 0.717) is 50.0 Å². The molecule has 1 aromatic heterocycles. The smallest absolute Gasteiger partial charge is 0.255 e. The molecule has 2 N–H and O–H groups in total.